The first-order chi connectivity index (χ1) is 10.1. The number of nitrogens with zero attached hydrogens (tertiary/aromatic N) is 3. The molecule has 0 radical (unpaired) electrons. The summed E-state index contributed by atoms with van der Waals surface area (Å²) in [6.45, 7) is 4.77. The van der Waals surface area contributed by atoms with Crippen LogP contribution in [0.4, 0.5) is 5.82 Å². The lowest BCUT2D eigenvalue weighted by Gasteiger charge is -2.08. The summed E-state index contributed by atoms with van der Waals surface area (Å²) in [5.41, 5.74) is 0.381. The molecule has 0 bridgehead atoms. The third kappa shape index (κ3) is 4.16. The Balaban J connectivity index is 1.94. The molecule has 0 aliphatic heterocycles. The van der Waals surface area contributed by atoms with Gasteiger partial charge in [-0.1, -0.05) is 16.8 Å². The number of carbonyl (C=O) groups is 1. The topological polar surface area (TPSA) is 92.9 Å². The van der Waals surface area contributed by atoms with Gasteiger partial charge in [-0.3, -0.25) is 4.79 Å². The first-order valence-electron chi connectivity index (χ1n) is 6.57. The van der Waals surface area contributed by atoms with Crippen molar-refractivity contribution in [2.45, 2.75) is 20.3 Å². The molecule has 21 heavy (non-hydrogen) atoms. The lowest BCUT2D eigenvalue weighted by Crippen LogP contribution is -2.26. The minimum atomic E-state index is -0.262. The second-order valence-electron chi connectivity index (χ2n) is 4.32. The van der Waals surface area contributed by atoms with Gasteiger partial charge in [0, 0.05) is 32.6 Å². The first kappa shape index (κ1) is 15.2. The molecule has 7 nitrogen and oxygen atoms in total. The summed E-state index contributed by atoms with van der Waals surface area (Å²) in [6, 6.07) is 1.62. The van der Waals surface area contributed by atoms with Crippen LogP contribution in [-0.4, -0.2) is 34.1 Å². The number of amides is 1. The van der Waals surface area contributed by atoms with Crippen LogP contribution in [0.2, 0.25) is 5.02 Å². The molecule has 0 aliphatic rings. The molecule has 1 amide bonds. The summed E-state index contributed by atoms with van der Waals surface area (Å²) in [5, 5.41) is 9.87. The van der Waals surface area contributed by atoms with Crippen LogP contribution < -0.4 is 10.6 Å². The van der Waals surface area contributed by atoms with Gasteiger partial charge in [-0.25, -0.2) is 4.98 Å². The van der Waals surface area contributed by atoms with Crippen molar-refractivity contribution in [1.29, 1.82) is 0 Å². The molecule has 0 fully saturated rings. The Bertz CT molecular complexity index is 629. The fourth-order valence-electron chi connectivity index (χ4n) is 1.72. The molecule has 2 rings (SSSR count). The molecule has 112 valence electrons. The number of nitrogens with one attached hydrogen (secondary N) is 2. The summed E-state index contributed by atoms with van der Waals surface area (Å²) in [5.74, 6) is 1.41. The van der Waals surface area contributed by atoms with Crippen molar-refractivity contribution < 1.29 is 9.32 Å². The molecule has 0 unspecified atom stereocenters. The fourth-order valence-corrected chi connectivity index (χ4v) is 1.91. The van der Waals surface area contributed by atoms with Crippen LogP contribution in [0.5, 0.6) is 0 Å². The van der Waals surface area contributed by atoms with E-state index in [1.54, 1.807) is 13.0 Å². The van der Waals surface area contributed by atoms with E-state index in [-0.39, 0.29) is 5.91 Å². The van der Waals surface area contributed by atoms with Crippen molar-refractivity contribution in [2.24, 2.45) is 0 Å². The van der Waals surface area contributed by atoms with Crippen LogP contribution in [0.25, 0.3) is 0 Å². The highest BCUT2D eigenvalue weighted by molar-refractivity contribution is 6.33. The number of hydrogen-bond acceptors (Lipinski definition) is 6. The van der Waals surface area contributed by atoms with Crippen LogP contribution in [0.3, 0.4) is 0 Å². The average molecular weight is 310 g/mol. The van der Waals surface area contributed by atoms with Gasteiger partial charge >= 0.3 is 0 Å². The molecule has 2 heterocycles. The zero-order valence-corrected chi connectivity index (χ0v) is 12.6. The van der Waals surface area contributed by atoms with E-state index in [0.29, 0.717) is 47.6 Å². The molecule has 0 aromatic carbocycles. The van der Waals surface area contributed by atoms with E-state index in [9.17, 15) is 4.79 Å². The van der Waals surface area contributed by atoms with Gasteiger partial charge in [-0.15, -0.1) is 0 Å². The van der Waals surface area contributed by atoms with Crippen LogP contribution >= 0.6 is 11.6 Å². The molecule has 8 heteroatoms. The largest absolute Gasteiger partial charge is 0.370 e. The van der Waals surface area contributed by atoms with Gasteiger partial charge < -0.3 is 15.2 Å². The molecule has 0 saturated heterocycles. The molecule has 0 aliphatic carbocycles. The zero-order valence-electron chi connectivity index (χ0n) is 11.8. The number of pyridine rings is 1. The quantitative estimate of drug-likeness (QED) is 0.845. The maximum atomic E-state index is 12.1. The zero-order chi connectivity index (χ0) is 15.2. The average Bonchev–Trinajstić information content (AvgIpc) is 2.87. The minimum Gasteiger partial charge on any atom is -0.370 e. The summed E-state index contributed by atoms with van der Waals surface area (Å²) >= 11 is 6.00. The van der Waals surface area contributed by atoms with Gasteiger partial charge in [-0.05, 0) is 13.0 Å². The predicted molar refractivity (Wildman–Crippen MR) is 78.5 cm³/mol. The number of aryl methyl sites for hydroxylation is 1. The third-order valence-electron chi connectivity index (χ3n) is 2.66. The fraction of sp³-hybridized carbons (Fsp3) is 0.385. The van der Waals surface area contributed by atoms with Crippen molar-refractivity contribution in [1.82, 2.24) is 20.4 Å². The lowest BCUT2D eigenvalue weighted by molar-refractivity contribution is 0.0954. The van der Waals surface area contributed by atoms with Gasteiger partial charge in [0.05, 0.1) is 10.6 Å². The van der Waals surface area contributed by atoms with Crippen LogP contribution in [-0.2, 0) is 6.42 Å². The van der Waals surface area contributed by atoms with Crippen molar-refractivity contribution in [2.75, 3.05) is 18.4 Å². The SMILES string of the molecule is CCNc1cc(C(=O)NCCc2noc(C)n2)c(Cl)cn1. The van der Waals surface area contributed by atoms with E-state index in [4.69, 9.17) is 16.1 Å². The highest BCUT2D eigenvalue weighted by atomic mass is 35.5. The van der Waals surface area contributed by atoms with Gasteiger partial charge in [0.1, 0.15) is 5.82 Å². The highest BCUT2D eigenvalue weighted by Crippen LogP contribution is 2.17. The van der Waals surface area contributed by atoms with E-state index in [2.05, 4.69) is 25.8 Å². The van der Waals surface area contributed by atoms with E-state index in [1.807, 2.05) is 6.92 Å². The number of hydrogen-bond donors (Lipinski definition) is 2. The first-order valence-corrected chi connectivity index (χ1v) is 6.94. The van der Waals surface area contributed by atoms with Crippen molar-refractivity contribution in [3.05, 3.63) is 34.6 Å². The molecule has 2 aromatic rings. The Morgan fingerprint density at radius 3 is 2.95 bits per heavy atom. The van der Waals surface area contributed by atoms with Crippen LogP contribution in [0.1, 0.15) is 29.0 Å². The number of carbonyl (C=O) groups excluding carboxylic acids is 1. The normalized spacial score (nSPS) is 10.4. The lowest BCUT2D eigenvalue weighted by atomic mass is 10.2. The minimum absolute atomic E-state index is 0.262. The Labute approximate surface area is 127 Å². The van der Waals surface area contributed by atoms with E-state index < -0.39 is 0 Å². The van der Waals surface area contributed by atoms with Gasteiger partial charge in [0.15, 0.2) is 5.82 Å². The van der Waals surface area contributed by atoms with E-state index in [0.717, 1.165) is 0 Å². The molecular formula is C13H16ClN5O2. The molecule has 0 atom stereocenters. The maximum Gasteiger partial charge on any atom is 0.253 e. The monoisotopic (exact) mass is 309 g/mol. The molecule has 0 saturated carbocycles. The van der Waals surface area contributed by atoms with Crippen molar-refractivity contribution >= 4 is 23.3 Å². The van der Waals surface area contributed by atoms with Gasteiger partial charge in [-0.2, -0.15) is 4.98 Å². The van der Waals surface area contributed by atoms with Crippen LogP contribution in [0, 0.1) is 6.92 Å². The maximum absolute atomic E-state index is 12.1. The third-order valence-corrected chi connectivity index (χ3v) is 2.96. The van der Waals surface area contributed by atoms with Crippen molar-refractivity contribution in [3.8, 4) is 0 Å². The van der Waals surface area contributed by atoms with Crippen molar-refractivity contribution in [3.63, 3.8) is 0 Å². The smallest absolute Gasteiger partial charge is 0.253 e. The summed E-state index contributed by atoms with van der Waals surface area (Å²) in [7, 11) is 0. The summed E-state index contributed by atoms with van der Waals surface area (Å²) in [6.07, 6.45) is 1.95. The molecule has 0 spiro atoms. The van der Waals surface area contributed by atoms with Gasteiger partial charge in [0.2, 0.25) is 5.89 Å². The Morgan fingerprint density at radius 1 is 1.48 bits per heavy atom. The Morgan fingerprint density at radius 2 is 2.29 bits per heavy atom. The van der Waals surface area contributed by atoms with Crippen LogP contribution in [0.15, 0.2) is 16.8 Å². The second-order valence-corrected chi connectivity index (χ2v) is 4.72. The van der Waals surface area contributed by atoms with E-state index >= 15 is 0 Å². The summed E-state index contributed by atoms with van der Waals surface area (Å²) < 4.78 is 4.86. The number of rotatable bonds is 6. The highest BCUT2D eigenvalue weighted by Gasteiger charge is 2.12. The molecule has 2 aromatic heterocycles. The number of anilines is 1. The standard InChI is InChI=1S/C13H16ClN5O2/c1-3-15-12-6-9(10(14)7-17-12)13(20)16-5-4-11-18-8(2)21-19-11/h6-7H,3-5H2,1-2H3,(H,15,17)(H,16,20). The summed E-state index contributed by atoms with van der Waals surface area (Å²) in [4.78, 5) is 20.2. The second kappa shape index (κ2) is 7.03. The Hall–Kier alpha value is -2.15. The van der Waals surface area contributed by atoms with Gasteiger partial charge in [0.25, 0.3) is 5.91 Å². The predicted octanol–water partition coefficient (Wildman–Crippen LogP) is 1.83. The number of halogens is 1. The molecular weight excluding hydrogens is 294 g/mol. The molecule has 2 N–H and O–H groups in total. The van der Waals surface area contributed by atoms with E-state index in [1.165, 1.54) is 6.20 Å². The number of aromatic nitrogens is 3. The Kier molecular flexibility index (Phi) is 5.10.